The zero-order chi connectivity index (χ0) is 22.7. The first kappa shape index (κ1) is 21.8. The summed E-state index contributed by atoms with van der Waals surface area (Å²) in [5, 5.41) is 10.4. The highest BCUT2D eigenvalue weighted by atomic mass is 16.5. The van der Waals surface area contributed by atoms with E-state index >= 15 is 0 Å². The maximum Gasteiger partial charge on any atom is 0.343 e. The van der Waals surface area contributed by atoms with Crippen LogP contribution in [0.5, 0.6) is 5.75 Å². The second kappa shape index (κ2) is 8.97. The molecular formula is C27H26O5. The number of hydrogen-bond donors (Lipinski definition) is 1. The Kier molecular flexibility index (Phi) is 6.10. The first-order chi connectivity index (χ1) is 15.3. The van der Waals surface area contributed by atoms with Crippen LogP contribution in [0.3, 0.4) is 0 Å². The Balaban J connectivity index is 1.41. The number of carbonyl (C=O) groups is 2. The van der Waals surface area contributed by atoms with Gasteiger partial charge in [-0.05, 0) is 71.3 Å². The summed E-state index contributed by atoms with van der Waals surface area (Å²) in [4.78, 5) is 24.9. The minimum Gasteiger partial charge on any atom is -0.457 e. The van der Waals surface area contributed by atoms with Crippen LogP contribution in [-0.2, 0) is 16.8 Å². The van der Waals surface area contributed by atoms with Crippen LogP contribution < -0.4 is 4.74 Å². The molecule has 0 aliphatic heterocycles. The van der Waals surface area contributed by atoms with Crippen molar-refractivity contribution in [2.24, 2.45) is 0 Å². The zero-order valence-electron chi connectivity index (χ0n) is 18.2. The van der Waals surface area contributed by atoms with Crippen LogP contribution in [0, 0.1) is 0 Å². The minimum atomic E-state index is -0.577. The van der Waals surface area contributed by atoms with E-state index in [1.165, 1.54) is 0 Å². The summed E-state index contributed by atoms with van der Waals surface area (Å²) in [6.45, 7) is 4.47. The SMILES string of the molecule is CC1(C)CCC(O)c2cc(C(=O)Oc3ccc(C(=O)OCc4ccccc4)cc3)ccc21. The van der Waals surface area contributed by atoms with Crippen molar-refractivity contribution in [2.45, 2.75) is 44.8 Å². The molecule has 3 aromatic carbocycles. The van der Waals surface area contributed by atoms with E-state index in [1.54, 1.807) is 36.4 Å². The molecule has 5 nitrogen and oxygen atoms in total. The molecule has 0 amide bonds. The van der Waals surface area contributed by atoms with Gasteiger partial charge in [0.05, 0.1) is 17.2 Å². The van der Waals surface area contributed by atoms with Gasteiger partial charge in [0.2, 0.25) is 0 Å². The first-order valence-electron chi connectivity index (χ1n) is 10.7. The zero-order valence-corrected chi connectivity index (χ0v) is 18.2. The van der Waals surface area contributed by atoms with Crippen LogP contribution in [0.1, 0.15) is 70.2 Å². The van der Waals surface area contributed by atoms with Crippen LogP contribution in [0.25, 0.3) is 0 Å². The third kappa shape index (κ3) is 4.73. The highest BCUT2D eigenvalue weighted by Gasteiger charge is 2.32. The molecule has 32 heavy (non-hydrogen) atoms. The summed E-state index contributed by atoms with van der Waals surface area (Å²) in [7, 11) is 0. The number of fused-ring (bicyclic) bond motifs is 1. The number of esters is 2. The maximum absolute atomic E-state index is 12.7. The van der Waals surface area contributed by atoms with Crippen LogP contribution in [0.15, 0.2) is 72.8 Å². The number of benzene rings is 3. The molecule has 0 aromatic heterocycles. The number of aliphatic hydroxyl groups excluding tert-OH is 1. The molecule has 0 spiro atoms. The monoisotopic (exact) mass is 430 g/mol. The molecule has 1 aliphatic carbocycles. The lowest BCUT2D eigenvalue weighted by Gasteiger charge is -2.35. The average Bonchev–Trinajstić information content (AvgIpc) is 2.81. The number of ether oxygens (including phenoxy) is 2. The Bertz CT molecular complexity index is 1120. The molecule has 0 bridgehead atoms. The topological polar surface area (TPSA) is 72.8 Å². The summed E-state index contributed by atoms with van der Waals surface area (Å²) in [6, 6.07) is 21.1. The molecule has 164 valence electrons. The Morgan fingerprint density at radius 3 is 2.34 bits per heavy atom. The van der Waals surface area contributed by atoms with Gasteiger partial charge in [-0.25, -0.2) is 9.59 Å². The van der Waals surface area contributed by atoms with Crippen molar-refractivity contribution in [1.29, 1.82) is 0 Å². The van der Waals surface area contributed by atoms with Gasteiger partial charge in [0.1, 0.15) is 12.4 Å². The first-order valence-corrected chi connectivity index (χ1v) is 10.7. The Morgan fingerprint density at radius 2 is 1.62 bits per heavy atom. The molecule has 1 atom stereocenters. The van der Waals surface area contributed by atoms with Crippen molar-refractivity contribution in [3.05, 3.63) is 101 Å². The highest BCUT2D eigenvalue weighted by molar-refractivity contribution is 5.92. The lowest BCUT2D eigenvalue weighted by molar-refractivity contribution is 0.0472. The molecule has 0 saturated carbocycles. The maximum atomic E-state index is 12.7. The lowest BCUT2D eigenvalue weighted by Crippen LogP contribution is -2.26. The Hall–Kier alpha value is -3.44. The molecule has 0 radical (unpaired) electrons. The Morgan fingerprint density at radius 1 is 0.938 bits per heavy atom. The summed E-state index contributed by atoms with van der Waals surface area (Å²) in [5.41, 5.74) is 3.47. The summed E-state index contributed by atoms with van der Waals surface area (Å²) >= 11 is 0. The molecular weight excluding hydrogens is 404 g/mol. The van der Waals surface area contributed by atoms with Gasteiger partial charge < -0.3 is 14.6 Å². The van der Waals surface area contributed by atoms with E-state index in [1.807, 2.05) is 36.4 Å². The molecule has 0 fully saturated rings. The summed E-state index contributed by atoms with van der Waals surface area (Å²) in [6.07, 6.45) is 0.984. The van der Waals surface area contributed by atoms with Crippen LogP contribution in [0.2, 0.25) is 0 Å². The Labute approximate surface area is 187 Å². The third-order valence-corrected chi connectivity index (χ3v) is 5.93. The van der Waals surface area contributed by atoms with E-state index in [4.69, 9.17) is 9.47 Å². The molecule has 0 heterocycles. The van der Waals surface area contributed by atoms with Gasteiger partial charge in [-0.3, -0.25) is 0 Å². The van der Waals surface area contributed by atoms with Crippen molar-refractivity contribution in [1.82, 2.24) is 0 Å². The van der Waals surface area contributed by atoms with Crippen molar-refractivity contribution < 1.29 is 24.2 Å². The summed E-state index contributed by atoms with van der Waals surface area (Å²) < 4.78 is 10.8. The third-order valence-electron chi connectivity index (χ3n) is 5.93. The largest absolute Gasteiger partial charge is 0.457 e. The van der Waals surface area contributed by atoms with Gasteiger partial charge in [0.15, 0.2) is 0 Å². The smallest absolute Gasteiger partial charge is 0.343 e. The molecule has 1 aliphatic rings. The van der Waals surface area contributed by atoms with Gasteiger partial charge >= 0.3 is 11.9 Å². The van der Waals surface area contributed by atoms with Crippen molar-refractivity contribution >= 4 is 11.9 Å². The normalized spacial score (nSPS) is 16.7. The average molecular weight is 431 g/mol. The van der Waals surface area contributed by atoms with Gasteiger partial charge in [-0.15, -0.1) is 0 Å². The fourth-order valence-corrected chi connectivity index (χ4v) is 4.00. The van der Waals surface area contributed by atoms with Crippen molar-refractivity contribution in [2.75, 3.05) is 0 Å². The highest BCUT2D eigenvalue weighted by Crippen LogP contribution is 2.41. The number of carbonyl (C=O) groups excluding carboxylic acids is 2. The number of aliphatic hydroxyl groups is 1. The van der Waals surface area contributed by atoms with Crippen molar-refractivity contribution in [3.63, 3.8) is 0 Å². The predicted octanol–water partition coefficient (Wildman–Crippen LogP) is 5.37. The fourth-order valence-electron chi connectivity index (χ4n) is 4.00. The van der Waals surface area contributed by atoms with E-state index in [9.17, 15) is 14.7 Å². The fraction of sp³-hybridized carbons (Fsp3) is 0.259. The van der Waals surface area contributed by atoms with E-state index in [0.29, 0.717) is 23.3 Å². The van der Waals surface area contributed by atoms with Crippen LogP contribution in [-0.4, -0.2) is 17.0 Å². The van der Waals surface area contributed by atoms with Crippen LogP contribution in [0.4, 0.5) is 0 Å². The van der Waals surface area contributed by atoms with Crippen molar-refractivity contribution in [3.8, 4) is 5.75 Å². The predicted molar refractivity (Wildman–Crippen MR) is 121 cm³/mol. The standard InChI is InChI=1S/C27H26O5/c1-27(2)15-14-24(28)22-16-20(10-13-23(22)27)26(30)32-21-11-8-19(9-12-21)25(29)31-17-18-6-4-3-5-7-18/h3-13,16,24,28H,14-15,17H2,1-2H3. The van der Waals surface area contributed by atoms with E-state index < -0.39 is 18.0 Å². The molecule has 4 rings (SSSR count). The number of hydrogen-bond acceptors (Lipinski definition) is 5. The lowest BCUT2D eigenvalue weighted by atomic mass is 9.71. The second-order valence-electron chi connectivity index (χ2n) is 8.72. The van der Waals surface area contributed by atoms with Crippen LogP contribution >= 0.6 is 0 Å². The molecule has 3 aromatic rings. The second-order valence-corrected chi connectivity index (χ2v) is 8.72. The van der Waals surface area contributed by atoms with Gasteiger partial charge in [0, 0.05) is 0 Å². The van der Waals surface area contributed by atoms with Gasteiger partial charge in [0.25, 0.3) is 0 Å². The van der Waals surface area contributed by atoms with E-state index in [-0.39, 0.29) is 12.0 Å². The van der Waals surface area contributed by atoms with E-state index in [0.717, 1.165) is 23.1 Å². The molecule has 1 unspecified atom stereocenters. The van der Waals surface area contributed by atoms with Gasteiger partial charge in [-0.1, -0.05) is 50.2 Å². The molecule has 1 N–H and O–H groups in total. The minimum absolute atomic E-state index is 0.0397. The van der Waals surface area contributed by atoms with Gasteiger partial charge in [-0.2, -0.15) is 0 Å². The number of rotatable bonds is 5. The van der Waals surface area contributed by atoms with E-state index in [2.05, 4.69) is 13.8 Å². The molecule has 5 heteroatoms. The summed E-state index contributed by atoms with van der Waals surface area (Å²) in [5.74, 6) is -0.631. The quantitative estimate of drug-likeness (QED) is 0.435. The molecule has 0 saturated heterocycles.